The minimum Gasteiger partial charge on any atom is -0.508 e. The van der Waals surface area contributed by atoms with E-state index in [0.29, 0.717) is 11.9 Å². The largest absolute Gasteiger partial charge is 0.508 e. The van der Waals surface area contributed by atoms with Crippen LogP contribution in [0, 0.1) is 0 Å². The van der Waals surface area contributed by atoms with Crippen molar-refractivity contribution < 1.29 is 5.11 Å². The zero-order chi connectivity index (χ0) is 21.4. The molecule has 0 unspecified atom stereocenters. The van der Waals surface area contributed by atoms with E-state index < -0.39 is 0 Å². The highest BCUT2D eigenvalue weighted by atomic mass is 16.3. The Balaban J connectivity index is 1.88. The molecule has 6 nitrogen and oxygen atoms in total. The van der Waals surface area contributed by atoms with E-state index in [1.165, 1.54) is 0 Å². The fourth-order valence-corrected chi connectivity index (χ4v) is 4.24. The number of nitrogens with two attached hydrogens (primary N) is 1. The van der Waals surface area contributed by atoms with E-state index in [1.807, 2.05) is 12.3 Å². The summed E-state index contributed by atoms with van der Waals surface area (Å²) >= 11 is 0. The lowest BCUT2D eigenvalue weighted by Gasteiger charge is -2.14. The van der Waals surface area contributed by atoms with Gasteiger partial charge in [0.15, 0.2) is 0 Å². The molecule has 2 heterocycles. The molecule has 154 valence electrons. The highest BCUT2D eigenvalue weighted by molar-refractivity contribution is 6.13. The molecule has 0 bridgehead atoms. The second kappa shape index (κ2) is 7.74. The van der Waals surface area contributed by atoms with Crippen LogP contribution in [0.5, 0.6) is 5.75 Å². The van der Waals surface area contributed by atoms with Crippen molar-refractivity contribution in [3.63, 3.8) is 0 Å². The van der Waals surface area contributed by atoms with E-state index in [4.69, 9.17) is 5.73 Å². The third kappa shape index (κ3) is 3.37. The number of hydrogen-bond acceptors (Lipinski definition) is 4. The lowest BCUT2D eigenvalue weighted by atomic mass is 9.90. The van der Waals surface area contributed by atoms with Gasteiger partial charge in [-0.25, -0.2) is 0 Å². The minimum atomic E-state index is -0.140. The first kappa shape index (κ1) is 19.1. The summed E-state index contributed by atoms with van der Waals surface area (Å²) in [5, 5.41) is 20.3. The lowest BCUT2D eigenvalue weighted by molar-refractivity contribution is 0.475. The number of pyridine rings is 1. The molecule has 0 saturated carbocycles. The van der Waals surface area contributed by atoms with Crippen LogP contribution in [0.1, 0.15) is 12.0 Å². The maximum atomic E-state index is 13.0. The molecule has 5 N–H and O–H groups in total. The summed E-state index contributed by atoms with van der Waals surface area (Å²) < 4.78 is 0. The first-order valence-electron chi connectivity index (χ1n) is 10.3. The van der Waals surface area contributed by atoms with Crippen molar-refractivity contribution in [2.45, 2.75) is 12.8 Å². The van der Waals surface area contributed by atoms with Gasteiger partial charge in [0.05, 0.1) is 11.6 Å². The summed E-state index contributed by atoms with van der Waals surface area (Å²) in [6.07, 6.45) is 7.00. The standard InChI is InChI=1S/C25H22N4O2/c26-8-2-4-17-11-22-23(16-3-1-5-19(30)9-16)14-27-25(31)24(22)21-10-15(6-7-20(17)21)18-12-28-29-13-18/h1,3,5-7,9-14,30H,2,4,8,26H2,(H,27,31)(H,28,29). The lowest BCUT2D eigenvalue weighted by Crippen LogP contribution is -2.08. The number of aromatic nitrogens is 3. The molecule has 0 spiro atoms. The molecule has 0 fully saturated rings. The molecule has 0 amide bonds. The average Bonchev–Trinajstić information content (AvgIpc) is 3.32. The van der Waals surface area contributed by atoms with Crippen molar-refractivity contribution in [3.05, 3.63) is 83.0 Å². The maximum absolute atomic E-state index is 13.0. The Morgan fingerprint density at radius 3 is 2.61 bits per heavy atom. The van der Waals surface area contributed by atoms with Gasteiger partial charge in [0.25, 0.3) is 5.56 Å². The van der Waals surface area contributed by atoms with Crippen LogP contribution < -0.4 is 11.3 Å². The van der Waals surface area contributed by atoms with E-state index in [9.17, 15) is 9.90 Å². The van der Waals surface area contributed by atoms with E-state index in [2.05, 4.69) is 39.4 Å². The molecule has 0 radical (unpaired) electrons. The van der Waals surface area contributed by atoms with Crippen molar-refractivity contribution in [3.8, 4) is 28.0 Å². The Bertz CT molecular complexity index is 1450. The van der Waals surface area contributed by atoms with Crippen LogP contribution >= 0.6 is 0 Å². The van der Waals surface area contributed by atoms with Gasteiger partial charge in [-0.2, -0.15) is 5.10 Å². The fraction of sp³-hybridized carbons (Fsp3) is 0.120. The molecule has 5 aromatic rings. The SMILES string of the molecule is NCCCc1cc2c(-c3cccc(O)c3)c[nH]c(=O)c2c2cc(-c3cn[nH]c3)ccc12. The third-order valence-corrected chi connectivity index (χ3v) is 5.73. The van der Waals surface area contributed by atoms with Crippen molar-refractivity contribution in [1.29, 1.82) is 0 Å². The highest BCUT2D eigenvalue weighted by Gasteiger charge is 2.15. The predicted octanol–water partition coefficient (Wildman–Crippen LogP) is 4.34. The van der Waals surface area contributed by atoms with Gasteiger partial charge < -0.3 is 15.8 Å². The number of benzene rings is 3. The highest BCUT2D eigenvalue weighted by Crippen LogP contribution is 2.36. The van der Waals surface area contributed by atoms with Crippen LogP contribution in [0.4, 0.5) is 0 Å². The van der Waals surface area contributed by atoms with E-state index in [-0.39, 0.29) is 11.3 Å². The maximum Gasteiger partial charge on any atom is 0.256 e. The molecule has 5 rings (SSSR count). The van der Waals surface area contributed by atoms with E-state index in [1.54, 1.807) is 30.6 Å². The molecule has 6 heteroatoms. The van der Waals surface area contributed by atoms with Gasteiger partial charge in [-0.1, -0.05) is 24.3 Å². The second-order valence-corrected chi connectivity index (χ2v) is 7.68. The van der Waals surface area contributed by atoms with Gasteiger partial charge in [0.1, 0.15) is 5.75 Å². The number of hydrogen-bond donors (Lipinski definition) is 4. The number of fused-ring (bicyclic) bond motifs is 3. The average molecular weight is 410 g/mol. The monoisotopic (exact) mass is 410 g/mol. The molecule has 3 aromatic carbocycles. The molecule has 31 heavy (non-hydrogen) atoms. The summed E-state index contributed by atoms with van der Waals surface area (Å²) in [6.45, 7) is 0.599. The predicted molar refractivity (Wildman–Crippen MR) is 124 cm³/mol. The van der Waals surface area contributed by atoms with Crippen LogP contribution in [0.2, 0.25) is 0 Å². The molecule has 0 atom stereocenters. The van der Waals surface area contributed by atoms with E-state index >= 15 is 0 Å². The van der Waals surface area contributed by atoms with Gasteiger partial charge in [-0.3, -0.25) is 9.89 Å². The summed E-state index contributed by atoms with van der Waals surface area (Å²) in [7, 11) is 0. The number of rotatable bonds is 5. The summed E-state index contributed by atoms with van der Waals surface area (Å²) in [5.41, 5.74) is 10.5. The number of aryl methyl sites for hydroxylation is 1. The number of H-pyrrole nitrogens is 2. The smallest absolute Gasteiger partial charge is 0.256 e. The van der Waals surface area contributed by atoms with Crippen LogP contribution in [-0.2, 0) is 6.42 Å². The normalized spacial score (nSPS) is 11.4. The zero-order valence-electron chi connectivity index (χ0n) is 16.9. The topological polar surface area (TPSA) is 108 Å². The van der Waals surface area contributed by atoms with Crippen molar-refractivity contribution in [2.24, 2.45) is 5.73 Å². The molecule has 0 saturated heterocycles. The van der Waals surface area contributed by atoms with Crippen LogP contribution in [-0.4, -0.2) is 26.8 Å². The Morgan fingerprint density at radius 1 is 0.935 bits per heavy atom. The number of aromatic amines is 2. The van der Waals surface area contributed by atoms with Crippen molar-refractivity contribution in [2.75, 3.05) is 6.54 Å². The first-order valence-corrected chi connectivity index (χ1v) is 10.3. The van der Waals surface area contributed by atoms with Crippen molar-refractivity contribution in [1.82, 2.24) is 15.2 Å². The van der Waals surface area contributed by atoms with Gasteiger partial charge >= 0.3 is 0 Å². The molecule has 0 aliphatic carbocycles. The van der Waals surface area contributed by atoms with Crippen LogP contribution in [0.15, 0.2) is 71.9 Å². The Morgan fingerprint density at radius 2 is 1.84 bits per heavy atom. The van der Waals surface area contributed by atoms with Crippen LogP contribution in [0.3, 0.4) is 0 Å². The molecule has 0 aliphatic heterocycles. The van der Waals surface area contributed by atoms with E-state index in [0.717, 1.165) is 56.8 Å². The van der Waals surface area contributed by atoms with Gasteiger partial charge in [0.2, 0.25) is 0 Å². The second-order valence-electron chi connectivity index (χ2n) is 7.68. The number of aromatic hydroxyl groups is 1. The number of nitrogens with one attached hydrogen (secondary N) is 2. The minimum absolute atomic E-state index is 0.140. The molecular weight excluding hydrogens is 388 g/mol. The number of phenolic OH excluding ortho intramolecular Hbond substituents is 1. The first-order chi connectivity index (χ1) is 15.2. The van der Waals surface area contributed by atoms with Crippen LogP contribution in [0.25, 0.3) is 43.8 Å². The summed E-state index contributed by atoms with van der Waals surface area (Å²) in [4.78, 5) is 15.9. The van der Waals surface area contributed by atoms with Gasteiger partial charge in [-0.05, 0) is 76.5 Å². The fourth-order valence-electron chi connectivity index (χ4n) is 4.24. The number of phenols is 1. The number of nitrogens with zero attached hydrogens (tertiary/aromatic N) is 1. The zero-order valence-corrected chi connectivity index (χ0v) is 16.9. The quantitative estimate of drug-likeness (QED) is 0.323. The van der Waals surface area contributed by atoms with Gasteiger partial charge in [0, 0.05) is 23.5 Å². The Labute approximate surface area is 178 Å². The van der Waals surface area contributed by atoms with Crippen molar-refractivity contribution >= 4 is 21.5 Å². The molecule has 2 aromatic heterocycles. The summed E-state index contributed by atoms with van der Waals surface area (Å²) in [5.74, 6) is 0.184. The Kier molecular flexibility index (Phi) is 4.76. The molecule has 0 aliphatic rings. The Hall–Kier alpha value is -3.90. The molecular formula is C25H22N4O2. The third-order valence-electron chi connectivity index (χ3n) is 5.73. The van der Waals surface area contributed by atoms with Gasteiger partial charge in [-0.15, -0.1) is 0 Å². The summed E-state index contributed by atoms with van der Waals surface area (Å²) in [6, 6.07) is 15.3.